The fraction of sp³-hybridized carbons (Fsp3) is 0.214. The van der Waals surface area contributed by atoms with Crippen molar-refractivity contribution in [2.45, 2.75) is 6.54 Å². The van der Waals surface area contributed by atoms with Crippen LogP contribution in [0.4, 0.5) is 15.8 Å². The van der Waals surface area contributed by atoms with Gasteiger partial charge in [0, 0.05) is 12.2 Å². The topological polar surface area (TPSA) is 58.4 Å². The van der Waals surface area contributed by atoms with Crippen LogP contribution in [0.3, 0.4) is 0 Å². The molecule has 2 rings (SSSR count). The van der Waals surface area contributed by atoms with Crippen LogP contribution in [0.25, 0.3) is 0 Å². The van der Waals surface area contributed by atoms with E-state index in [1.165, 1.54) is 18.2 Å². The van der Waals surface area contributed by atoms with Gasteiger partial charge < -0.3 is 11.1 Å². The van der Waals surface area contributed by atoms with Crippen molar-refractivity contribution in [2.24, 2.45) is 0 Å². The molecule has 1 amide bonds. The second-order valence-corrected chi connectivity index (χ2v) is 5.37. The highest BCUT2D eigenvalue weighted by Gasteiger charge is 2.10. The summed E-state index contributed by atoms with van der Waals surface area (Å²) in [6.45, 7) is 0.862. The summed E-state index contributed by atoms with van der Waals surface area (Å²) >= 11 is 1.62. The van der Waals surface area contributed by atoms with Gasteiger partial charge in [-0.15, -0.1) is 0 Å². The number of carbonyl (C=O) groups excluding carboxylic acids is 1. The predicted octanol–water partition coefficient (Wildman–Crippen LogP) is 2.54. The highest BCUT2D eigenvalue weighted by molar-refractivity contribution is 7.07. The van der Waals surface area contributed by atoms with Crippen LogP contribution in [-0.4, -0.2) is 24.4 Å². The van der Waals surface area contributed by atoms with Gasteiger partial charge in [-0.2, -0.15) is 11.3 Å². The lowest BCUT2D eigenvalue weighted by molar-refractivity contribution is -0.117. The van der Waals surface area contributed by atoms with Gasteiger partial charge in [0.1, 0.15) is 5.82 Å². The van der Waals surface area contributed by atoms with Gasteiger partial charge in [0.2, 0.25) is 5.91 Å². The minimum Gasteiger partial charge on any atom is -0.399 e. The smallest absolute Gasteiger partial charge is 0.238 e. The van der Waals surface area contributed by atoms with Crippen molar-refractivity contribution in [3.05, 3.63) is 46.4 Å². The van der Waals surface area contributed by atoms with Crippen molar-refractivity contribution in [1.82, 2.24) is 4.90 Å². The van der Waals surface area contributed by atoms with Crippen LogP contribution in [0.15, 0.2) is 35.0 Å². The van der Waals surface area contributed by atoms with E-state index in [9.17, 15) is 9.18 Å². The molecule has 3 N–H and O–H groups in total. The van der Waals surface area contributed by atoms with Gasteiger partial charge in [-0.25, -0.2) is 4.39 Å². The van der Waals surface area contributed by atoms with Crippen molar-refractivity contribution in [2.75, 3.05) is 24.6 Å². The number of nitrogen functional groups attached to an aromatic ring is 1. The highest BCUT2D eigenvalue weighted by Crippen LogP contribution is 2.17. The van der Waals surface area contributed by atoms with Crippen molar-refractivity contribution in [3.63, 3.8) is 0 Å². The largest absolute Gasteiger partial charge is 0.399 e. The molecule has 0 fully saturated rings. The summed E-state index contributed by atoms with van der Waals surface area (Å²) in [5.41, 5.74) is 7.24. The van der Waals surface area contributed by atoms with Crippen molar-refractivity contribution in [1.29, 1.82) is 0 Å². The maximum absolute atomic E-state index is 13.5. The summed E-state index contributed by atoms with van der Waals surface area (Å²) in [5.74, 6) is -0.764. The standard InChI is InChI=1S/C14H16FN3OS/c1-18(7-10-4-5-20-9-10)8-14(19)17-13-6-11(16)2-3-12(13)15/h2-6,9H,7-8,16H2,1H3,(H,17,19). The fourth-order valence-corrected chi connectivity index (χ4v) is 2.48. The van der Waals surface area contributed by atoms with Gasteiger partial charge in [-0.05, 0) is 47.6 Å². The van der Waals surface area contributed by atoms with Gasteiger partial charge in [-0.3, -0.25) is 9.69 Å². The Kier molecular flexibility index (Phi) is 4.70. The zero-order valence-corrected chi connectivity index (χ0v) is 11.9. The first kappa shape index (κ1) is 14.5. The Labute approximate surface area is 121 Å². The second kappa shape index (κ2) is 6.49. The molecule has 1 heterocycles. The van der Waals surface area contributed by atoms with Gasteiger partial charge in [-0.1, -0.05) is 0 Å². The van der Waals surface area contributed by atoms with Crippen LogP contribution >= 0.6 is 11.3 Å². The molecule has 0 saturated carbocycles. The summed E-state index contributed by atoms with van der Waals surface area (Å²) in [5, 5.41) is 6.55. The number of thiophene rings is 1. The Balaban J connectivity index is 1.90. The zero-order chi connectivity index (χ0) is 14.5. The maximum Gasteiger partial charge on any atom is 0.238 e. The summed E-state index contributed by atoms with van der Waals surface area (Å²) in [7, 11) is 1.84. The summed E-state index contributed by atoms with van der Waals surface area (Å²) in [4.78, 5) is 13.7. The first-order chi connectivity index (χ1) is 9.54. The molecule has 20 heavy (non-hydrogen) atoms. The van der Waals surface area contributed by atoms with Gasteiger partial charge in [0.05, 0.1) is 12.2 Å². The molecule has 0 radical (unpaired) electrons. The molecule has 0 bridgehead atoms. The number of likely N-dealkylation sites (N-methyl/N-ethyl adjacent to an activating group) is 1. The Morgan fingerprint density at radius 2 is 2.25 bits per heavy atom. The molecule has 0 aliphatic heterocycles. The third kappa shape index (κ3) is 4.04. The number of carbonyl (C=O) groups is 1. The van der Waals surface area contributed by atoms with Crippen LogP contribution < -0.4 is 11.1 Å². The lowest BCUT2D eigenvalue weighted by Crippen LogP contribution is -2.30. The minimum atomic E-state index is -0.493. The Bertz CT molecular complexity index is 586. The molecule has 4 nitrogen and oxygen atoms in total. The van der Waals surface area contributed by atoms with Crippen LogP contribution in [0.2, 0.25) is 0 Å². The predicted molar refractivity (Wildman–Crippen MR) is 80.1 cm³/mol. The maximum atomic E-state index is 13.5. The Morgan fingerprint density at radius 1 is 1.45 bits per heavy atom. The van der Waals surface area contributed by atoms with Crippen molar-refractivity contribution >= 4 is 28.6 Å². The highest BCUT2D eigenvalue weighted by atomic mass is 32.1. The molecule has 0 unspecified atom stereocenters. The van der Waals surface area contributed by atoms with Crippen LogP contribution in [0.5, 0.6) is 0 Å². The Morgan fingerprint density at radius 3 is 2.95 bits per heavy atom. The number of rotatable bonds is 5. The number of anilines is 2. The lowest BCUT2D eigenvalue weighted by atomic mass is 10.2. The van der Waals surface area contributed by atoms with Gasteiger partial charge in [0.15, 0.2) is 0 Å². The van der Waals surface area contributed by atoms with Crippen molar-refractivity contribution < 1.29 is 9.18 Å². The number of nitrogens with one attached hydrogen (secondary N) is 1. The van der Waals surface area contributed by atoms with Crippen LogP contribution in [0, 0.1) is 5.82 Å². The molecule has 0 spiro atoms. The van der Waals surface area contributed by atoms with E-state index in [4.69, 9.17) is 5.73 Å². The molecule has 6 heteroatoms. The molecule has 106 valence electrons. The first-order valence-electron chi connectivity index (χ1n) is 6.09. The molecular weight excluding hydrogens is 277 g/mol. The SMILES string of the molecule is CN(CC(=O)Nc1cc(N)ccc1F)Cc1ccsc1. The number of amides is 1. The lowest BCUT2D eigenvalue weighted by Gasteiger charge is -2.15. The average molecular weight is 293 g/mol. The van der Waals surface area contributed by atoms with E-state index in [0.717, 1.165) is 5.56 Å². The monoisotopic (exact) mass is 293 g/mol. The van der Waals surface area contributed by atoms with E-state index in [2.05, 4.69) is 5.32 Å². The number of hydrogen-bond acceptors (Lipinski definition) is 4. The van der Waals surface area contributed by atoms with Crippen molar-refractivity contribution in [3.8, 4) is 0 Å². The van der Waals surface area contributed by atoms with Crippen LogP contribution in [-0.2, 0) is 11.3 Å². The quantitative estimate of drug-likeness (QED) is 0.833. The van der Waals surface area contributed by atoms with Gasteiger partial charge >= 0.3 is 0 Å². The van der Waals surface area contributed by atoms with E-state index >= 15 is 0 Å². The molecule has 0 aliphatic carbocycles. The zero-order valence-electron chi connectivity index (χ0n) is 11.1. The molecule has 1 aromatic carbocycles. The molecule has 0 atom stereocenters. The normalized spacial score (nSPS) is 10.8. The molecule has 0 aliphatic rings. The van der Waals surface area contributed by atoms with E-state index < -0.39 is 5.82 Å². The summed E-state index contributed by atoms with van der Waals surface area (Å²) < 4.78 is 13.5. The van der Waals surface area contributed by atoms with Crippen LogP contribution in [0.1, 0.15) is 5.56 Å². The Hall–Kier alpha value is -1.92. The fourth-order valence-electron chi connectivity index (χ4n) is 1.82. The molecular formula is C14H16FN3OS. The first-order valence-corrected chi connectivity index (χ1v) is 7.03. The van der Waals surface area contributed by atoms with E-state index in [0.29, 0.717) is 12.2 Å². The number of benzene rings is 1. The van der Waals surface area contributed by atoms with E-state index in [1.54, 1.807) is 11.3 Å². The third-order valence-corrected chi connectivity index (χ3v) is 3.44. The summed E-state index contributed by atoms with van der Waals surface area (Å²) in [6.07, 6.45) is 0. The van der Waals surface area contributed by atoms with E-state index in [1.807, 2.05) is 28.8 Å². The summed E-state index contributed by atoms with van der Waals surface area (Å²) in [6, 6.07) is 6.11. The molecule has 2 aromatic rings. The number of halogens is 1. The van der Waals surface area contributed by atoms with Gasteiger partial charge in [0.25, 0.3) is 0 Å². The molecule has 1 aromatic heterocycles. The number of hydrogen-bond donors (Lipinski definition) is 2. The number of nitrogens with zero attached hydrogens (tertiary/aromatic N) is 1. The third-order valence-electron chi connectivity index (χ3n) is 2.71. The average Bonchev–Trinajstić information content (AvgIpc) is 2.86. The number of nitrogens with two attached hydrogens (primary N) is 1. The second-order valence-electron chi connectivity index (χ2n) is 4.59. The molecule has 0 saturated heterocycles. The van der Waals surface area contributed by atoms with E-state index in [-0.39, 0.29) is 18.1 Å². The minimum absolute atomic E-state index is 0.110.